The largest absolute Gasteiger partial charge is 0.487 e. The van der Waals surface area contributed by atoms with Crippen LogP contribution in [0, 0.1) is 12.3 Å². The van der Waals surface area contributed by atoms with Crippen LogP contribution < -0.4 is 15.0 Å². The average molecular weight is 438 g/mol. The van der Waals surface area contributed by atoms with Crippen LogP contribution >= 0.6 is 0 Å². The van der Waals surface area contributed by atoms with Crippen molar-refractivity contribution in [2.24, 2.45) is 0 Å². The molecule has 5 rings (SSSR count). The summed E-state index contributed by atoms with van der Waals surface area (Å²) < 4.78 is 11.4. The van der Waals surface area contributed by atoms with Crippen LogP contribution in [0.25, 0.3) is 10.9 Å². The van der Waals surface area contributed by atoms with Gasteiger partial charge in [-0.25, -0.2) is 9.97 Å². The fourth-order valence-electron chi connectivity index (χ4n) is 3.73. The quantitative estimate of drug-likeness (QED) is 0.454. The van der Waals surface area contributed by atoms with Crippen molar-refractivity contribution in [2.75, 3.05) is 36.5 Å². The molecule has 1 saturated heterocycles. The Morgan fingerprint density at radius 1 is 1.09 bits per heavy atom. The van der Waals surface area contributed by atoms with Crippen molar-refractivity contribution >= 4 is 28.2 Å². The molecule has 2 aromatic carbocycles. The van der Waals surface area contributed by atoms with E-state index >= 15 is 0 Å². The smallest absolute Gasteiger partial charge is 0.227 e. The van der Waals surface area contributed by atoms with Crippen molar-refractivity contribution in [3.05, 3.63) is 78.2 Å². The number of ether oxygens (including phenoxy) is 2. The molecule has 0 saturated carbocycles. The van der Waals surface area contributed by atoms with Crippen LogP contribution in [-0.4, -0.2) is 41.3 Å². The molecule has 164 valence electrons. The molecule has 1 aliphatic heterocycles. The van der Waals surface area contributed by atoms with E-state index in [2.05, 4.69) is 43.2 Å². The molecule has 3 heterocycles. The summed E-state index contributed by atoms with van der Waals surface area (Å²) in [5.41, 5.74) is 4.44. The monoisotopic (exact) mass is 437 g/mol. The van der Waals surface area contributed by atoms with Gasteiger partial charge in [-0.15, -0.1) is 6.42 Å². The Kier molecular flexibility index (Phi) is 6.00. The number of nitrogens with zero attached hydrogens (tertiary/aromatic N) is 4. The van der Waals surface area contributed by atoms with Crippen LogP contribution in [0.2, 0.25) is 0 Å². The first-order valence-corrected chi connectivity index (χ1v) is 10.8. The number of rotatable bonds is 6. The van der Waals surface area contributed by atoms with Gasteiger partial charge in [0.15, 0.2) is 0 Å². The van der Waals surface area contributed by atoms with Crippen LogP contribution in [0.5, 0.6) is 5.75 Å². The van der Waals surface area contributed by atoms with Gasteiger partial charge in [-0.2, -0.15) is 0 Å². The molecule has 1 N–H and O–H groups in total. The molecule has 0 aliphatic carbocycles. The fraction of sp³-hybridized carbons (Fsp3) is 0.192. The topological polar surface area (TPSA) is 72.4 Å². The highest BCUT2D eigenvalue weighted by atomic mass is 16.5. The maximum atomic E-state index is 5.98. The average Bonchev–Trinajstić information content (AvgIpc) is 2.88. The van der Waals surface area contributed by atoms with E-state index in [4.69, 9.17) is 15.9 Å². The van der Waals surface area contributed by atoms with Gasteiger partial charge in [-0.1, -0.05) is 18.1 Å². The van der Waals surface area contributed by atoms with E-state index in [-0.39, 0.29) is 0 Å². The van der Waals surface area contributed by atoms with E-state index in [1.807, 2.05) is 36.4 Å². The molecule has 4 aromatic rings. The van der Waals surface area contributed by atoms with Gasteiger partial charge in [-0.3, -0.25) is 4.98 Å². The Morgan fingerprint density at radius 3 is 2.82 bits per heavy atom. The maximum Gasteiger partial charge on any atom is 0.227 e. The van der Waals surface area contributed by atoms with Gasteiger partial charge in [0.1, 0.15) is 12.4 Å². The Morgan fingerprint density at radius 2 is 2.00 bits per heavy atom. The number of nitrogens with one attached hydrogen (secondary N) is 1. The van der Waals surface area contributed by atoms with Gasteiger partial charge in [-0.05, 0) is 30.3 Å². The van der Waals surface area contributed by atoms with Gasteiger partial charge < -0.3 is 19.7 Å². The predicted molar refractivity (Wildman–Crippen MR) is 129 cm³/mol. The van der Waals surface area contributed by atoms with E-state index < -0.39 is 0 Å². The summed E-state index contributed by atoms with van der Waals surface area (Å²) in [4.78, 5) is 15.6. The number of terminal acetylenes is 1. The van der Waals surface area contributed by atoms with Crippen molar-refractivity contribution in [3.8, 4) is 18.1 Å². The molecule has 0 radical (unpaired) electrons. The minimum Gasteiger partial charge on any atom is -0.487 e. The first kappa shape index (κ1) is 20.7. The Bertz CT molecular complexity index is 1300. The van der Waals surface area contributed by atoms with E-state index in [0.717, 1.165) is 54.1 Å². The third-order valence-corrected chi connectivity index (χ3v) is 5.43. The zero-order valence-electron chi connectivity index (χ0n) is 18.1. The SMILES string of the molecule is C#Cc1cc2cnc(Nc3cccc(N4CCOCC4)c3)nc2cc1OCc1cccnc1. The minimum atomic E-state index is 0.374. The lowest BCUT2D eigenvalue weighted by atomic mass is 10.1. The number of benzene rings is 2. The molecule has 0 spiro atoms. The van der Waals surface area contributed by atoms with Gasteiger partial charge in [0.05, 0.1) is 24.3 Å². The molecule has 7 nitrogen and oxygen atoms in total. The van der Waals surface area contributed by atoms with Gasteiger partial charge in [0.2, 0.25) is 5.95 Å². The van der Waals surface area contributed by atoms with Gasteiger partial charge in [0.25, 0.3) is 0 Å². The summed E-state index contributed by atoms with van der Waals surface area (Å²) in [5, 5.41) is 4.16. The normalized spacial score (nSPS) is 13.5. The number of anilines is 3. The second-order valence-electron chi connectivity index (χ2n) is 7.67. The maximum absolute atomic E-state index is 5.98. The second kappa shape index (κ2) is 9.55. The highest BCUT2D eigenvalue weighted by Crippen LogP contribution is 2.27. The molecular formula is C26H23N5O2. The Hall–Kier alpha value is -4.15. The van der Waals surface area contributed by atoms with Crippen LogP contribution in [0.4, 0.5) is 17.3 Å². The Balaban J connectivity index is 1.38. The lowest BCUT2D eigenvalue weighted by molar-refractivity contribution is 0.122. The predicted octanol–water partition coefficient (Wildman–Crippen LogP) is 4.17. The second-order valence-corrected chi connectivity index (χ2v) is 7.67. The van der Waals surface area contributed by atoms with Crippen LogP contribution in [0.1, 0.15) is 11.1 Å². The number of fused-ring (bicyclic) bond motifs is 1. The molecule has 0 unspecified atom stereocenters. The molecule has 0 bridgehead atoms. The van der Waals surface area contributed by atoms with E-state index in [1.165, 1.54) is 0 Å². The first-order chi connectivity index (χ1) is 16.3. The van der Waals surface area contributed by atoms with Crippen molar-refractivity contribution in [1.82, 2.24) is 15.0 Å². The molecule has 0 atom stereocenters. The molecule has 33 heavy (non-hydrogen) atoms. The number of morpholine rings is 1. The molecule has 2 aromatic heterocycles. The number of pyridine rings is 1. The molecule has 0 amide bonds. The van der Waals surface area contributed by atoms with Crippen molar-refractivity contribution in [3.63, 3.8) is 0 Å². The molecular weight excluding hydrogens is 414 g/mol. The lowest BCUT2D eigenvalue weighted by Gasteiger charge is -2.29. The van der Waals surface area contributed by atoms with Crippen molar-refractivity contribution in [1.29, 1.82) is 0 Å². The van der Waals surface area contributed by atoms with Gasteiger partial charge in [0, 0.05) is 60.1 Å². The number of hydrogen-bond acceptors (Lipinski definition) is 7. The molecule has 1 aliphatic rings. The van der Waals surface area contributed by atoms with Crippen LogP contribution in [0.3, 0.4) is 0 Å². The van der Waals surface area contributed by atoms with Crippen molar-refractivity contribution in [2.45, 2.75) is 6.61 Å². The minimum absolute atomic E-state index is 0.374. The third kappa shape index (κ3) is 4.86. The van der Waals surface area contributed by atoms with E-state index in [9.17, 15) is 0 Å². The van der Waals surface area contributed by atoms with Crippen molar-refractivity contribution < 1.29 is 9.47 Å². The standard InChI is InChI=1S/C26H23N5O2/c1-2-20-13-21-17-28-26(29-22-6-3-7-23(14-22)31-9-11-32-12-10-31)30-24(21)15-25(20)33-18-19-5-4-8-27-16-19/h1,3-8,13-17H,9-12,18H2,(H,28,29,30). The summed E-state index contributed by atoms with van der Waals surface area (Å²) in [6.07, 6.45) is 11.0. The summed E-state index contributed by atoms with van der Waals surface area (Å²) in [6.45, 7) is 3.63. The van der Waals surface area contributed by atoms with Crippen LogP contribution in [-0.2, 0) is 11.3 Å². The number of hydrogen-bond donors (Lipinski definition) is 1. The van der Waals surface area contributed by atoms with E-state index in [1.54, 1.807) is 18.6 Å². The summed E-state index contributed by atoms with van der Waals surface area (Å²) >= 11 is 0. The number of aromatic nitrogens is 3. The highest BCUT2D eigenvalue weighted by Gasteiger charge is 2.12. The van der Waals surface area contributed by atoms with Gasteiger partial charge >= 0.3 is 0 Å². The first-order valence-electron chi connectivity index (χ1n) is 10.8. The van der Waals surface area contributed by atoms with E-state index in [0.29, 0.717) is 23.9 Å². The molecule has 7 heteroatoms. The van der Waals surface area contributed by atoms with Crippen LogP contribution in [0.15, 0.2) is 67.1 Å². The zero-order valence-corrected chi connectivity index (χ0v) is 18.1. The summed E-state index contributed by atoms with van der Waals surface area (Å²) in [6, 6.07) is 15.8. The zero-order chi connectivity index (χ0) is 22.5. The lowest BCUT2D eigenvalue weighted by Crippen LogP contribution is -2.36. The molecule has 1 fully saturated rings. The fourth-order valence-corrected chi connectivity index (χ4v) is 3.73. The highest BCUT2D eigenvalue weighted by molar-refractivity contribution is 5.83. The Labute approximate surface area is 192 Å². The third-order valence-electron chi connectivity index (χ3n) is 5.43. The summed E-state index contributed by atoms with van der Waals surface area (Å²) in [5.74, 6) is 3.80. The summed E-state index contributed by atoms with van der Waals surface area (Å²) in [7, 11) is 0.